The van der Waals surface area contributed by atoms with Gasteiger partial charge in [0.15, 0.2) is 5.78 Å². The van der Waals surface area contributed by atoms with Gasteiger partial charge in [0.1, 0.15) is 5.82 Å². The van der Waals surface area contributed by atoms with Gasteiger partial charge < -0.3 is 0 Å². The highest BCUT2D eigenvalue weighted by atomic mass is 35.5. The standard InChI is InChI=1S/C14H9Cl2FO/c1-8-5-6-9(17)7-10(8)14(18)13-11(15)3-2-4-12(13)16/h2-7H,1H3. The Labute approximate surface area is 114 Å². The van der Waals surface area contributed by atoms with E-state index in [0.717, 1.165) is 0 Å². The molecule has 18 heavy (non-hydrogen) atoms. The molecule has 0 atom stereocenters. The van der Waals surface area contributed by atoms with Crippen LogP contribution < -0.4 is 0 Å². The van der Waals surface area contributed by atoms with Gasteiger partial charge in [-0.25, -0.2) is 4.39 Å². The third-order valence-corrected chi connectivity index (χ3v) is 3.26. The number of carbonyl (C=O) groups excluding carboxylic acids is 1. The maximum absolute atomic E-state index is 13.2. The first kappa shape index (κ1) is 13.1. The highest BCUT2D eigenvalue weighted by Crippen LogP contribution is 2.28. The van der Waals surface area contributed by atoms with Crippen molar-refractivity contribution in [1.29, 1.82) is 0 Å². The summed E-state index contributed by atoms with van der Waals surface area (Å²) in [6.07, 6.45) is 0. The Morgan fingerprint density at radius 2 is 1.72 bits per heavy atom. The average molecular weight is 283 g/mol. The zero-order valence-electron chi connectivity index (χ0n) is 9.51. The molecule has 2 aromatic rings. The van der Waals surface area contributed by atoms with Gasteiger partial charge in [-0.3, -0.25) is 4.79 Å². The predicted molar refractivity (Wildman–Crippen MR) is 71.0 cm³/mol. The first-order valence-corrected chi connectivity index (χ1v) is 6.01. The third-order valence-electron chi connectivity index (χ3n) is 2.63. The summed E-state index contributed by atoms with van der Waals surface area (Å²) in [6.45, 7) is 1.73. The maximum atomic E-state index is 13.2. The second kappa shape index (κ2) is 5.09. The van der Waals surface area contributed by atoms with Crippen molar-refractivity contribution in [2.45, 2.75) is 6.92 Å². The molecule has 0 N–H and O–H groups in total. The van der Waals surface area contributed by atoms with Crippen LogP contribution in [0.25, 0.3) is 0 Å². The van der Waals surface area contributed by atoms with E-state index in [9.17, 15) is 9.18 Å². The molecule has 0 saturated heterocycles. The van der Waals surface area contributed by atoms with Gasteiger partial charge in [-0.1, -0.05) is 35.3 Å². The van der Waals surface area contributed by atoms with Crippen molar-refractivity contribution in [2.75, 3.05) is 0 Å². The van der Waals surface area contributed by atoms with Crippen molar-refractivity contribution in [3.8, 4) is 0 Å². The molecule has 0 radical (unpaired) electrons. The van der Waals surface area contributed by atoms with E-state index in [1.807, 2.05) is 0 Å². The summed E-state index contributed by atoms with van der Waals surface area (Å²) in [5, 5.41) is 0.521. The van der Waals surface area contributed by atoms with Crippen LogP contribution in [0.2, 0.25) is 10.0 Å². The van der Waals surface area contributed by atoms with Crippen LogP contribution in [0.3, 0.4) is 0 Å². The Kier molecular flexibility index (Phi) is 3.69. The number of aryl methyl sites for hydroxylation is 1. The van der Waals surface area contributed by atoms with Crippen molar-refractivity contribution >= 4 is 29.0 Å². The molecule has 0 fully saturated rings. The molecule has 0 saturated carbocycles. The van der Waals surface area contributed by atoms with Crippen LogP contribution in [0.1, 0.15) is 21.5 Å². The van der Waals surface area contributed by atoms with Gasteiger partial charge in [-0.05, 0) is 36.8 Å². The number of rotatable bonds is 2. The van der Waals surface area contributed by atoms with Crippen LogP contribution in [0, 0.1) is 12.7 Å². The minimum atomic E-state index is -0.466. The molecule has 2 rings (SSSR count). The second-order valence-corrected chi connectivity index (χ2v) is 4.70. The van der Waals surface area contributed by atoms with E-state index in [1.54, 1.807) is 31.2 Å². The smallest absolute Gasteiger partial charge is 0.196 e. The van der Waals surface area contributed by atoms with E-state index in [1.165, 1.54) is 12.1 Å². The Morgan fingerprint density at radius 3 is 2.33 bits per heavy atom. The third kappa shape index (κ3) is 2.40. The number of carbonyl (C=O) groups is 1. The summed E-state index contributed by atoms with van der Waals surface area (Å²) in [4.78, 5) is 12.3. The number of hydrogen-bond donors (Lipinski definition) is 0. The van der Waals surface area contributed by atoms with E-state index in [2.05, 4.69) is 0 Å². The molecule has 0 amide bonds. The summed E-state index contributed by atoms with van der Waals surface area (Å²) in [5.74, 6) is -0.838. The van der Waals surface area contributed by atoms with Crippen LogP contribution >= 0.6 is 23.2 Å². The van der Waals surface area contributed by atoms with Crippen LogP contribution in [-0.2, 0) is 0 Å². The van der Waals surface area contributed by atoms with Crippen molar-refractivity contribution in [3.05, 3.63) is 69.0 Å². The van der Waals surface area contributed by atoms with Crippen molar-refractivity contribution in [3.63, 3.8) is 0 Å². The number of hydrogen-bond acceptors (Lipinski definition) is 1. The summed E-state index contributed by atoms with van der Waals surface area (Å²) in [5.41, 5.74) is 1.15. The van der Waals surface area contributed by atoms with Gasteiger partial charge in [0.2, 0.25) is 0 Å². The molecule has 1 nitrogen and oxygen atoms in total. The van der Waals surface area contributed by atoms with Gasteiger partial charge >= 0.3 is 0 Å². The number of halogens is 3. The maximum Gasteiger partial charge on any atom is 0.196 e. The quantitative estimate of drug-likeness (QED) is 0.732. The molecular weight excluding hydrogens is 274 g/mol. The molecular formula is C14H9Cl2FO. The molecule has 0 heterocycles. The van der Waals surface area contributed by atoms with Gasteiger partial charge in [0, 0.05) is 5.56 Å². The molecule has 0 aliphatic heterocycles. The largest absolute Gasteiger partial charge is 0.288 e. The molecule has 0 aliphatic rings. The summed E-state index contributed by atoms with van der Waals surface area (Å²) in [6, 6.07) is 8.86. The first-order chi connectivity index (χ1) is 8.50. The molecule has 0 bridgehead atoms. The highest BCUT2D eigenvalue weighted by molar-refractivity contribution is 6.41. The SMILES string of the molecule is Cc1ccc(F)cc1C(=O)c1c(Cl)cccc1Cl. The fourth-order valence-electron chi connectivity index (χ4n) is 1.69. The van der Waals surface area contributed by atoms with Crippen LogP contribution in [0.15, 0.2) is 36.4 Å². The monoisotopic (exact) mass is 282 g/mol. The van der Waals surface area contributed by atoms with Gasteiger partial charge in [0.25, 0.3) is 0 Å². The van der Waals surface area contributed by atoms with Crippen molar-refractivity contribution < 1.29 is 9.18 Å². The lowest BCUT2D eigenvalue weighted by molar-refractivity contribution is 0.103. The van der Waals surface area contributed by atoms with E-state index in [0.29, 0.717) is 5.56 Å². The summed E-state index contributed by atoms with van der Waals surface area (Å²) in [7, 11) is 0. The first-order valence-electron chi connectivity index (χ1n) is 5.25. The van der Waals surface area contributed by atoms with Crippen LogP contribution in [-0.4, -0.2) is 5.78 Å². The number of ketones is 1. The Morgan fingerprint density at radius 1 is 1.11 bits per heavy atom. The lowest BCUT2D eigenvalue weighted by atomic mass is 9.99. The second-order valence-electron chi connectivity index (χ2n) is 3.89. The minimum absolute atomic E-state index is 0.203. The van der Waals surface area contributed by atoms with Crippen LogP contribution in [0.4, 0.5) is 4.39 Å². The van der Waals surface area contributed by atoms with E-state index < -0.39 is 5.82 Å². The zero-order valence-corrected chi connectivity index (χ0v) is 11.0. The molecule has 0 aromatic heterocycles. The average Bonchev–Trinajstić information content (AvgIpc) is 2.32. The highest BCUT2D eigenvalue weighted by Gasteiger charge is 2.18. The topological polar surface area (TPSA) is 17.1 Å². The molecule has 2 aromatic carbocycles. The fraction of sp³-hybridized carbons (Fsp3) is 0.0714. The normalized spacial score (nSPS) is 10.4. The molecule has 4 heteroatoms. The molecule has 92 valence electrons. The number of benzene rings is 2. The van der Waals surface area contributed by atoms with E-state index in [-0.39, 0.29) is 27.0 Å². The Hall–Kier alpha value is -1.38. The Balaban J connectivity index is 2.58. The zero-order chi connectivity index (χ0) is 13.3. The van der Waals surface area contributed by atoms with Crippen molar-refractivity contribution in [1.82, 2.24) is 0 Å². The van der Waals surface area contributed by atoms with Gasteiger partial charge in [0.05, 0.1) is 15.6 Å². The summed E-state index contributed by atoms with van der Waals surface area (Å²) >= 11 is 11.9. The molecule has 0 aliphatic carbocycles. The fourth-order valence-corrected chi connectivity index (χ4v) is 2.26. The van der Waals surface area contributed by atoms with Gasteiger partial charge in [-0.15, -0.1) is 0 Å². The minimum Gasteiger partial charge on any atom is -0.288 e. The summed E-state index contributed by atoms with van der Waals surface area (Å²) < 4.78 is 13.2. The van der Waals surface area contributed by atoms with Crippen molar-refractivity contribution in [2.24, 2.45) is 0 Å². The van der Waals surface area contributed by atoms with Gasteiger partial charge in [-0.2, -0.15) is 0 Å². The molecule has 0 unspecified atom stereocenters. The Bertz CT molecular complexity index is 603. The lowest BCUT2D eigenvalue weighted by Gasteiger charge is -2.08. The van der Waals surface area contributed by atoms with E-state index >= 15 is 0 Å². The van der Waals surface area contributed by atoms with E-state index in [4.69, 9.17) is 23.2 Å². The van der Waals surface area contributed by atoms with Crippen LogP contribution in [0.5, 0.6) is 0 Å². The molecule has 0 spiro atoms. The lowest BCUT2D eigenvalue weighted by Crippen LogP contribution is -2.06. The predicted octanol–water partition coefficient (Wildman–Crippen LogP) is 4.67.